The molecule has 2 aromatic rings. The SMILES string of the molecule is CC(C)OC(=O)N1CCC(Oc2cccc3c2CCN3c2ccc(S(C)(=O)=O)cc2F)CC1. The van der Waals surface area contributed by atoms with Gasteiger partial charge in [-0.3, -0.25) is 0 Å². The Morgan fingerprint density at radius 3 is 2.45 bits per heavy atom. The summed E-state index contributed by atoms with van der Waals surface area (Å²) in [6.45, 7) is 5.40. The van der Waals surface area contributed by atoms with Crippen molar-refractivity contribution in [3.05, 3.63) is 47.8 Å². The van der Waals surface area contributed by atoms with E-state index in [1.54, 1.807) is 4.90 Å². The summed E-state index contributed by atoms with van der Waals surface area (Å²) in [7, 11) is -3.48. The summed E-state index contributed by atoms with van der Waals surface area (Å²) >= 11 is 0. The number of ether oxygens (including phenoxy) is 2. The van der Waals surface area contributed by atoms with Gasteiger partial charge in [0.2, 0.25) is 0 Å². The number of sulfone groups is 1. The Balaban J connectivity index is 1.47. The van der Waals surface area contributed by atoms with Gasteiger partial charge in [-0.1, -0.05) is 6.07 Å². The first kappa shape index (κ1) is 23.4. The van der Waals surface area contributed by atoms with E-state index in [-0.39, 0.29) is 23.2 Å². The standard InChI is InChI=1S/C24H29FN2O5S/c1-16(2)31-24(28)26-12-9-17(10-13-26)32-23-6-4-5-21-19(23)11-14-27(21)22-8-7-18(15-20(22)25)33(3,29)30/h4-8,15-17H,9-14H2,1-3H3. The summed E-state index contributed by atoms with van der Waals surface area (Å²) in [5.74, 6) is 0.198. The van der Waals surface area contributed by atoms with Crippen LogP contribution in [0.2, 0.25) is 0 Å². The number of carbonyl (C=O) groups is 1. The summed E-state index contributed by atoms with van der Waals surface area (Å²) in [5.41, 5.74) is 2.21. The maximum atomic E-state index is 14.8. The molecule has 33 heavy (non-hydrogen) atoms. The Morgan fingerprint density at radius 2 is 1.82 bits per heavy atom. The predicted molar refractivity (Wildman–Crippen MR) is 124 cm³/mol. The first-order chi connectivity index (χ1) is 15.6. The number of benzene rings is 2. The van der Waals surface area contributed by atoms with Crippen molar-refractivity contribution in [2.24, 2.45) is 0 Å². The second-order valence-electron chi connectivity index (χ2n) is 8.78. The first-order valence-electron chi connectivity index (χ1n) is 11.1. The monoisotopic (exact) mass is 476 g/mol. The fourth-order valence-corrected chi connectivity index (χ4v) is 4.94. The van der Waals surface area contributed by atoms with Gasteiger partial charge in [0, 0.05) is 50.0 Å². The maximum absolute atomic E-state index is 14.8. The number of piperidine rings is 1. The van der Waals surface area contributed by atoms with E-state index >= 15 is 0 Å². The highest BCUT2D eigenvalue weighted by atomic mass is 32.2. The van der Waals surface area contributed by atoms with E-state index in [0.29, 0.717) is 44.6 Å². The Kier molecular flexibility index (Phi) is 6.52. The molecule has 9 heteroatoms. The minimum atomic E-state index is -3.48. The molecule has 1 fully saturated rings. The lowest BCUT2D eigenvalue weighted by Gasteiger charge is -2.32. The van der Waals surface area contributed by atoms with Gasteiger partial charge in [0.05, 0.1) is 16.7 Å². The number of nitrogens with zero attached hydrogens (tertiary/aromatic N) is 2. The Bertz CT molecular complexity index is 1140. The molecule has 178 valence electrons. The number of amides is 1. The number of halogens is 1. The van der Waals surface area contributed by atoms with Crippen LogP contribution in [0.1, 0.15) is 32.3 Å². The molecule has 1 saturated heterocycles. The van der Waals surface area contributed by atoms with E-state index in [9.17, 15) is 17.6 Å². The van der Waals surface area contributed by atoms with E-state index in [1.165, 1.54) is 12.1 Å². The van der Waals surface area contributed by atoms with Crippen LogP contribution >= 0.6 is 0 Å². The van der Waals surface area contributed by atoms with Crippen LogP contribution in [0.4, 0.5) is 20.6 Å². The van der Waals surface area contributed by atoms with Crippen LogP contribution in [0.5, 0.6) is 5.75 Å². The number of anilines is 2. The molecule has 0 saturated carbocycles. The smallest absolute Gasteiger partial charge is 0.410 e. The van der Waals surface area contributed by atoms with Crippen LogP contribution in [-0.2, 0) is 21.0 Å². The van der Waals surface area contributed by atoms with Gasteiger partial charge < -0.3 is 19.3 Å². The van der Waals surface area contributed by atoms with Crippen molar-refractivity contribution in [1.29, 1.82) is 0 Å². The van der Waals surface area contributed by atoms with Crippen molar-refractivity contribution in [2.75, 3.05) is 30.8 Å². The van der Waals surface area contributed by atoms with E-state index in [2.05, 4.69) is 0 Å². The zero-order valence-corrected chi connectivity index (χ0v) is 19.9. The molecule has 0 aromatic heterocycles. The molecule has 0 spiro atoms. The van der Waals surface area contributed by atoms with Crippen molar-refractivity contribution >= 4 is 27.3 Å². The minimum absolute atomic E-state index is 0.0144. The third-order valence-electron chi connectivity index (χ3n) is 5.95. The van der Waals surface area contributed by atoms with Crippen LogP contribution in [0.25, 0.3) is 0 Å². The predicted octanol–water partition coefficient (Wildman–Crippen LogP) is 4.31. The van der Waals surface area contributed by atoms with E-state index in [1.807, 2.05) is 36.9 Å². The topological polar surface area (TPSA) is 76.2 Å². The summed E-state index contributed by atoms with van der Waals surface area (Å²) in [5, 5.41) is 0. The minimum Gasteiger partial charge on any atom is -0.490 e. The Morgan fingerprint density at radius 1 is 1.09 bits per heavy atom. The molecular formula is C24H29FN2O5S. The van der Waals surface area contributed by atoms with Gasteiger partial charge in [-0.15, -0.1) is 0 Å². The molecule has 2 aromatic carbocycles. The molecule has 1 amide bonds. The summed E-state index contributed by atoms with van der Waals surface area (Å²) in [6, 6.07) is 9.74. The average molecular weight is 477 g/mol. The third kappa shape index (κ3) is 5.08. The average Bonchev–Trinajstić information content (AvgIpc) is 3.18. The zero-order chi connectivity index (χ0) is 23.8. The van der Waals surface area contributed by atoms with Gasteiger partial charge in [0.1, 0.15) is 17.7 Å². The summed E-state index contributed by atoms with van der Waals surface area (Å²) < 4.78 is 49.8. The lowest BCUT2D eigenvalue weighted by molar-refractivity contribution is 0.0515. The van der Waals surface area contributed by atoms with Crippen molar-refractivity contribution in [3.63, 3.8) is 0 Å². The molecule has 0 N–H and O–H groups in total. The highest BCUT2D eigenvalue weighted by Gasteiger charge is 2.29. The van der Waals surface area contributed by atoms with Crippen molar-refractivity contribution in [2.45, 2.75) is 50.2 Å². The summed E-state index contributed by atoms with van der Waals surface area (Å²) in [6.07, 6.45) is 2.73. The third-order valence-corrected chi connectivity index (χ3v) is 7.06. The molecule has 2 heterocycles. The quantitative estimate of drug-likeness (QED) is 0.640. The second kappa shape index (κ2) is 9.21. The number of rotatable bonds is 5. The lowest BCUT2D eigenvalue weighted by Crippen LogP contribution is -2.42. The van der Waals surface area contributed by atoms with Crippen LogP contribution in [0.3, 0.4) is 0 Å². The fraction of sp³-hybridized carbons (Fsp3) is 0.458. The van der Waals surface area contributed by atoms with Gasteiger partial charge >= 0.3 is 6.09 Å². The number of hydrogen-bond donors (Lipinski definition) is 0. The van der Waals surface area contributed by atoms with Gasteiger partial charge in [0.25, 0.3) is 0 Å². The zero-order valence-electron chi connectivity index (χ0n) is 19.1. The molecule has 0 radical (unpaired) electrons. The van der Waals surface area contributed by atoms with Gasteiger partial charge in [-0.05, 0) is 50.6 Å². The Labute approximate surface area is 194 Å². The molecule has 0 atom stereocenters. The molecule has 0 unspecified atom stereocenters. The molecule has 0 aliphatic carbocycles. The molecule has 0 bridgehead atoms. The largest absolute Gasteiger partial charge is 0.490 e. The van der Waals surface area contributed by atoms with E-state index in [0.717, 1.165) is 29.3 Å². The fourth-order valence-electron chi connectivity index (χ4n) is 4.31. The van der Waals surface area contributed by atoms with Crippen molar-refractivity contribution < 1.29 is 27.1 Å². The molecule has 2 aliphatic heterocycles. The lowest BCUT2D eigenvalue weighted by atomic mass is 10.1. The number of likely N-dealkylation sites (tertiary alicyclic amines) is 1. The summed E-state index contributed by atoms with van der Waals surface area (Å²) in [4.78, 5) is 15.6. The van der Waals surface area contributed by atoms with Crippen LogP contribution in [-0.4, -0.2) is 57.5 Å². The number of hydrogen-bond acceptors (Lipinski definition) is 6. The number of carbonyl (C=O) groups excluding carboxylic acids is 1. The van der Waals surface area contributed by atoms with Crippen LogP contribution in [0.15, 0.2) is 41.3 Å². The van der Waals surface area contributed by atoms with Gasteiger partial charge in [-0.25, -0.2) is 17.6 Å². The molecule has 4 rings (SSSR count). The van der Waals surface area contributed by atoms with Gasteiger partial charge in [-0.2, -0.15) is 0 Å². The van der Waals surface area contributed by atoms with Crippen LogP contribution in [0, 0.1) is 5.82 Å². The van der Waals surface area contributed by atoms with Crippen LogP contribution < -0.4 is 9.64 Å². The Hall–Kier alpha value is -2.81. The highest BCUT2D eigenvalue weighted by molar-refractivity contribution is 7.90. The van der Waals surface area contributed by atoms with Crippen molar-refractivity contribution in [1.82, 2.24) is 4.90 Å². The molecular weight excluding hydrogens is 447 g/mol. The molecule has 7 nitrogen and oxygen atoms in total. The molecule has 2 aliphatic rings. The van der Waals surface area contributed by atoms with Crippen molar-refractivity contribution in [3.8, 4) is 5.75 Å². The normalized spacial score (nSPS) is 16.8. The first-order valence-corrected chi connectivity index (χ1v) is 13.0. The number of fused-ring (bicyclic) bond motifs is 1. The maximum Gasteiger partial charge on any atom is 0.410 e. The van der Waals surface area contributed by atoms with E-state index < -0.39 is 15.7 Å². The van der Waals surface area contributed by atoms with Gasteiger partial charge in [0.15, 0.2) is 9.84 Å². The highest BCUT2D eigenvalue weighted by Crippen LogP contribution is 2.41. The second-order valence-corrected chi connectivity index (χ2v) is 10.8. The van der Waals surface area contributed by atoms with E-state index in [4.69, 9.17) is 9.47 Å².